The number of carbonyl (C=O) groups is 2. The van der Waals surface area contributed by atoms with Crippen LogP contribution in [0.1, 0.15) is 11.7 Å². The largest absolute Gasteiger partial charge is 0.490 e. The van der Waals surface area contributed by atoms with Gasteiger partial charge in [0.15, 0.2) is 5.89 Å². The summed E-state index contributed by atoms with van der Waals surface area (Å²) >= 11 is 0. The van der Waals surface area contributed by atoms with Crippen molar-refractivity contribution in [3.8, 4) is 0 Å². The van der Waals surface area contributed by atoms with Crippen molar-refractivity contribution in [2.75, 3.05) is 13.1 Å². The molecule has 1 saturated heterocycles. The van der Waals surface area contributed by atoms with Crippen LogP contribution in [-0.4, -0.2) is 63.5 Å². The Morgan fingerprint density at radius 3 is 1.81 bits per heavy atom. The zero-order valence-corrected chi connectivity index (χ0v) is 13.1. The van der Waals surface area contributed by atoms with Gasteiger partial charge >= 0.3 is 24.3 Å². The van der Waals surface area contributed by atoms with E-state index in [4.69, 9.17) is 30.0 Å². The molecule has 1 aromatic rings. The smallest absolute Gasteiger partial charge is 0.475 e. The molecule has 0 aromatic carbocycles. The van der Waals surface area contributed by atoms with Gasteiger partial charge < -0.3 is 20.4 Å². The van der Waals surface area contributed by atoms with Crippen molar-refractivity contribution in [2.24, 2.45) is 5.73 Å². The summed E-state index contributed by atoms with van der Waals surface area (Å²) in [5.41, 5.74) is 5.64. The zero-order chi connectivity index (χ0) is 20.7. The number of nitrogens with zero attached hydrogens (tertiary/aromatic N) is 2. The summed E-state index contributed by atoms with van der Waals surface area (Å²) in [4.78, 5) is 24.1. The first-order chi connectivity index (χ1) is 11.6. The third kappa shape index (κ3) is 9.83. The van der Waals surface area contributed by atoms with Crippen LogP contribution < -0.4 is 5.73 Å². The molecule has 1 fully saturated rings. The van der Waals surface area contributed by atoms with E-state index in [9.17, 15) is 26.3 Å². The van der Waals surface area contributed by atoms with Gasteiger partial charge in [0.25, 0.3) is 0 Å². The summed E-state index contributed by atoms with van der Waals surface area (Å²) in [6.07, 6.45) is -8.39. The Bertz CT molecular complexity index is 571. The molecule has 1 aliphatic rings. The molecular weight excluding hydrogens is 380 g/mol. The zero-order valence-electron chi connectivity index (χ0n) is 13.1. The third-order valence-electron chi connectivity index (χ3n) is 2.52. The lowest BCUT2D eigenvalue weighted by Crippen LogP contribution is -2.54. The number of hydrogen-bond donors (Lipinski definition) is 3. The fourth-order valence-electron chi connectivity index (χ4n) is 1.44. The van der Waals surface area contributed by atoms with Gasteiger partial charge in [0, 0.05) is 26.1 Å². The van der Waals surface area contributed by atoms with Crippen molar-refractivity contribution in [2.45, 2.75) is 31.9 Å². The third-order valence-corrected chi connectivity index (χ3v) is 2.52. The molecule has 1 aromatic heterocycles. The highest BCUT2D eigenvalue weighted by Crippen LogP contribution is 2.14. The Balaban J connectivity index is 0.000000390. The number of likely N-dealkylation sites (tertiary alicyclic amines) is 1. The second-order valence-electron chi connectivity index (χ2n) is 4.91. The fourth-order valence-corrected chi connectivity index (χ4v) is 1.44. The molecule has 26 heavy (non-hydrogen) atoms. The molecule has 14 heteroatoms. The normalized spacial score (nSPS) is 15.1. The van der Waals surface area contributed by atoms with E-state index >= 15 is 0 Å². The van der Waals surface area contributed by atoms with E-state index in [0.717, 1.165) is 31.3 Å². The van der Waals surface area contributed by atoms with Gasteiger partial charge in [-0.25, -0.2) is 14.6 Å². The number of rotatable bonds is 2. The lowest BCUT2D eigenvalue weighted by Gasteiger charge is -2.35. The van der Waals surface area contributed by atoms with Crippen LogP contribution in [0.3, 0.4) is 0 Å². The molecular formula is C12H15F6N3O5. The molecule has 150 valence electrons. The van der Waals surface area contributed by atoms with Gasteiger partial charge in [-0.15, -0.1) is 0 Å². The quantitative estimate of drug-likeness (QED) is 0.641. The number of oxazole rings is 1. The molecule has 0 bridgehead atoms. The van der Waals surface area contributed by atoms with Gasteiger partial charge in [-0.1, -0.05) is 0 Å². The Morgan fingerprint density at radius 2 is 1.58 bits per heavy atom. The predicted octanol–water partition coefficient (Wildman–Crippen LogP) is 1.39. The average Bonchev–Trinajstić information content (AvgIpc) is 2.81. The maximum atomic E-state index is 10.6. The van der Waals surface area contributed by atoms with Crippen LogP contribution in [0.15, 0.2) is 10.6 Å². The summed E-state index contributed by atoms with van der Waals surface area (Å²) in [5, 5.41) is 14.2. The van der Waals surface area contributed by atoms with E-state index in [1.165, 1.54) is 0 Å². The van der Waals surface area contributed by atoms with Crippen LogP contribution in [0.5, 0.6) is 0 Å². The van der Waals surface area contributed by atoms with E-state index in [2.05, 4.69) is 9.88 Å². The van der Waals surface area contributed by atoms with Gasteiger partial charge in [0.1, 0.15) is 5.76 Å². The molecule has 0 radical (unpaired) electrons. The number of carboxylic acid groups (broad SMARTS) is 2. The molecule has 0 unspecified atom stereocenters. The molecule has 0 aliphatic carbocycles. The first kappa shape index (κ1) is 23.6. The minimum absolute atomic E-state index is 0.356. The summed E-state index contributed by atoms with van der Waals surface area (Å²) < 4.78 is 68.8. The highest BCUT2D eigenvalue weighted by atomic mass is 19.4. The fraction of sp³-hybridized carbons (Fsp3) is 0.583. The maximum Gasteiger partial charge on any atom is 0.490 e. The lowest BCUT2D eigenvalue weighted by atomic mass is 10.1. The Kier molecular flexibility index (Phi) is 8.53. The summed E-state index contributed by atoms with van der Waals surface area (Å²) in [7, 11) is 0. The van der Waals surface area contributed by atoms with E-state index in [-0.39, 0.29) is 0 Å². The van der Waals surface area contributed by atoms with Crippen molar-refractivity contribution >= 4 is 11.9 Å². The minimum atomic E-state index is -5.08. The monoisotopic (exact) mass is 395 g/mol. The molecule has 8 nitrogen and oxygen atoms in total. The Hall–Kier alpha value is -2.35. The van der Waals surface area contributed by atoms with Crippen LogP contribution in [0.2, 0.25) is 0 Å². The van der Waals surface area contributed by atoms with Crippen molar-refractivity contribution in [3.63, 3.8) is 0 Å². The minimum Gasteiger partial charge on any atom is -0.475 e. The van der Waals surface area contributed by atoms with Crippen molar-refractivity contribution in [1.82, 2.24) is 9.88 Å². The summed E-state index contributed by atoms with van der Waals surface area (Å²) in [6.45, 7) is 4.64. The number of carboxylic acids is 2. The second kappa shape index (κ2) is 9.38. The molecule has 2 heterocycles. The lowest BCUT2D eigenvalue weighted by molar-refractivity contribution is -0.193. The van der Waals surface area contributed by atoms with Gasteiger partial charge in [0.05, 0.1) is 12.7 Å². The topological polar surface area (TPSA) is 130 Å². The maximum absolute atomic E-state index is 10.6. The van der Waals surface area contributed by atoms with Crippen LogP contribution in [-0.2, 0) is 16.1 Å². The van der Waals surface area contributed by atoms with Crippen LogP contribution in [0, 0.1) is 6.92 Å². The average molecular weight is 395 g/mol. The number of nitrogens with two attached hydrogens (primary N) is 1. The highest BCUT2D eigenvalue weighted by Gasteiger charge is 2.38. The summed E-state index contributed by atoms with van der Waals surface area (Å²) in [6, 6.07) is 0.356. The van der Waals surface area contributed by atoms with Crippen LogP contribution in [0.25, 0.3) is 0 Å². The predicted molar refractivity (Wildman–Crippen MR) is 71.9 cm³/mol. The van der Waals surface area contributed by atoms with Gasteiger partial charge in [-0.05, 0) is 0 Å². The molecule has 0 spiro atoms. The van der Waals surface area contributed by atoms with Crippen LogP contribution >= 0.6 is 0 Å². The van der Waals surface area contributed by atoms with Crippen LogP contribution in [0.4, 0.5) is 26.3 Å². The molecule has 4 N–H and O–H groups in total. The Morgan fingerprint density at radius 1 is 1.19 bits per heavy atom. The second-order valence-corrected chi connectivity index (χ2v) is 4.91. The number of aliphatic carboxylic acids is 2. The summed E-state index contributed by atoms with van der Waals surface area (Å²) in [5.74, 6) is -3.85. The standard InChI is InChI=1S/C8H13N3O.2C2HF3O2/c1-6-10-2-8(12-6)5-11-3-7(9)4-11;2*3-2(4,5)1(6)7/h2,7H,3-5,9H2,1H3;2*(H,6,7). The Labute approximate surface area is 142 Å². The number of halogens is 6. The van der Waals surface area contributed by atoms with Crippen molar-refractivity contribution in [1.29, 1.82) is 0 Å². The molecule has 1 aliphatic heterocycles. The van der Waals surface area contributed by atoms with Crippen molar-refractivity contribution in [3.05, 3.63) is 17.8 Å². The van der Waals surface area contributed by atoms with Gasteiger partial charge in [-0.2, -0.15) is 26.3 Å². The number of aromatic nitrogens is 1. The van der Waals surface area contributed by atoms with E-state index in [1.807, 2.05) is 6.92 Å². The number of aryl methyl sites for hydroxylation is 1. The molecule has 0 atom stereocenters. The van der Waals surface area contributed by atoms with E-state index < -0.39 is 24.3 Å². The highest BCUT2D eigenvalue weighted by molar-refractivity contribution is 5.73. The van der Waals surface area contributed by atoms with E-state index in [0.29, 0.717) is 6.04 Å². The number of alkyl halides is 6. The molecule has 0 saturated carbocycles. The first-order valence-corrected chi connectivity index (χ1v) is 6.62. The number of hydrogen-bond acceptors (Lipinski definition) is 6. The van der Waals surface area contributed by atoms with Gasteiger partial charge in [0.2, 0.25) is 0 Å². The molecule has 2 rings (SSSR count). The van der Waals surface area contributed by atoms with Gasteiger partial charge in [-0.3, -0.25) is 4.90 Å². The first-order valence-electron chi connectivity index (χ1n) is 6.62. The van der Waals surface area contributed by atoms with E-state index in [1.54, 1.807) is 6.20 Å². The molecule has 0 amide bonds. The van der Waals surface area contributed by atoms with Crippen molar-refractivity contribution < 1.29 is 50.6 Å². The SMILES string of the molecule is Cc1ncc(CN2CC(N)C2)o1.O=C(O)C(F)(F)F.O=C(O)C(F)(F)F.